The molecule has 4 heteroatoms. The molecule has 0 saturated heterocycles. The van der Waals surface area contributed by atoms with E-state index >= 15 is 0 Å². The summed E-state index contributed by atoms with van der Waals surface area (Å²) in [6.07, 6.45) is 3.69. The van der Waals surface area contributed by atoms with E-state index in [-0.39, 0.29) is 0 Å². The molecule has 1 aromatic rings. The number of nitrogens with one attached hydrogen (secondary N) is 1. The maximum absolute atomic E-state index is 6.29. The highest BCUT2D eigenvalue weighted by molar-refractivity contribution is 7.99. The van der Waals surface area contributed by atoms with E-state index in [1.54, 1.807) is 7.11 Å². The third-order valence-electron chi connectivity index (χ3n) is 2.95. The van der Waals surface area contributed by atoms with Gasteiger partial charge in [-0.15, -0.1) is 11.8 Å². The third kappa shape index (κ3) is 4.47. The van der Waals surface area contributed by atoms with Crippen LogP contribution in [0.1, 0.15) is 24.8 Å². The van der Waals surface area contributed by atoms with Gasteiger partial charge >= 0.3 is 0 Å². The van der Waals surface area contributed by atoms with Crippen LogP contribution in [0.2, 0.25) is 5.02 Å². The van der Waals surface area contributed by atoms with E-state index in [9.17, 15) is 0 Å². The lowest BCUT2D eigenvalue weighted by atomic mass is 10.2. The molecule has 1 saturated carbocycles. The molecule has 18 heavy (non-hydrogen) atoms. The maximum atomic E-state index is 6.29. The summed E-state index contributed by atoms with van der Waals surface area (Å²) in [5.74, 6) is 1.05. The second kappa shape index (κ2) is 7.39. The van der Waals surface area contributed by atoms with Crippen LogP contribution in [0.4, 0.5) is 0 Å². The van der Waals surface area contributed by atoms with Gasteiger partial charge in [0.1, 0.15) is 0 Å². The molecule has 0 radical (unpaired) electrons. The number of hydrogen-bond donors (Lipinski definition) is 1. The van der Waals surface area contributed by atoms with Crippen LogP contribution in [0.15, 0.2) is 23.1 Å². The van der Waals surface area contributed by atoms with Crippen LogP contribution in [0.3, 0.4) is 0 Å². The zero-order chi connectivity index (χ0) is 12.8. The molecule has 0 amide bonds. The van der Waals surface area contributed by atoms with E-state index in [1.165, 1.54) is 23.3 Å². The van der Waals surface area contributed by atoms with Crippen molar-refractivity contribution in [3.8, 4) is 0 Å². The van der Waals surface area contributed by atoms with Gasteiger partial charge in [-0.1, -0.05) is 23.7 Å². The van der Waals surface area contributed by atoms with Gasteiger partial charge in [-0.3, -0.25) is 0 Å². The molecule has 0 spiro atoms. The zero-order valence-corrected chi connectivity index (χ0v) is 12.3. The number of thioether (sulfide) groups is 1. The van der Waals surface area contributed by atoms with Crippen LogP contribution in [0.25, 0.3) is 0 Å². The topological polar surface area (TPSA) is 21.3 Å². The average molecular weight is 286 g/mol. The number of halogens is 1. The Morgan fingerprint density at radius 1 is 1.44 bits per heavy atom. The molecule has 100 valence electrons. The van der Waals surface area contributed by atoms with Crippen molar-refractivity contribution in [1.29, 1.82) is 0 Å². The molecule has 0 heterocycles. The van der Waals surface area contributed by atoms with Crippen molar-refractivity contribution >= 4 is 23.4 Å². The van der Waals surface area contributed by atoms with Crippen LogP contribution in [-0.2, 0) is 11.3 Å². The van der Waals surface area contributed by atoms with E-state index < -0.39 is 0 Å². The largest absolute Gasteiger partial charge is 0.385 e. The molecular weight excluding hydrogens is 266 g/mol. The number of hydrogen-bond acceptors (Lipinski definition) is 3. The van der Waals surface area contributed by atoms with Gasteiger partial charge in [0.15, 0.2) is 0 Å². The normalized spacial score (nSPS) is 15.0. The van der Waals surface area contributed by atoms with Gasteiger partial charge in [-0.25, -0.2) is 0 Å². The molecule has 0 atom stereocenters. The molecule has 0 aromatic heterocycles. The van der Waals surface area contributed by atoms with E-state index in [0.717, 1.165) is 36.4 Å². The Bertz CT molecular complexity index is 382. The summed E-state index contributed by atoms with van der Waals surface area (Å²) in [7, 11) is 1.74. The van der Waals surface area contributed by atoms with Gasteiger partial charge in [0, 0.05) is 37.0 Å². The second-order valence-electron chi connectivity index (χ2n) is 4.58. The molecule has 1 fully saturated rings. The monoisotopic (exact) mass is 285 g/mol. The van der Waals surface area contributed by atoms with Gasteiger partial charge in [-0.05, 0) is 30.9 Å². The molecule has 0 bridgehead atoms. The van der Waals surface area contributed by atoms with Gasteiger partial charge in [0.05, 0.1) is 5.02 Å². The van der Waals surface area contributed by atoms with E-state index in [4.69, 9.17) is 16.3 Å². The molecule has 1 aromatic carbocycles. The van der Waals surface area contributed by atoms with Crippen molar-refractivity contribution in [1.82, 2.24) is 5.32 Å². The summed E-state index contributed by atoms with van der Waals surface area (Å²) in [6, 6.07) is 6.90. The fraction of sp³-hybridized carbons (Fsp3) is 0.571. The van der Waals surface area contributed by atoms with Crippen molar-refractivity contribution in [2.24, 2.45) is 0 Å². The fourth-order valence-corrected chi connectivity index (χ4v) is 3.13. The number of rotatable bonds is 8. The Kier molecular flexibility index (Phi) is 5.83. The molecule has 1 N–H and O–H groups in total. The molecule has 0 unspecified atom stereocenters. The molecule has 0 aliphatic heterocycles. The smallest absolute Gasteiger partial charge is 0.0545 e. The van der Waals surface area contributed by atoms with Crippen molar-refractivity contribution in [3.05, 3.63) is 28.8 Å². The Labute approximate surface area is 118 Å². The van der Waals surface area contributed by atoms with Gasteiger partial charge < -0.3 is 10.1 Å². The van der Waals surface area contributed by atoms with Crippen LogP contribution < -0.4 is 5.32 Å². The minimum absolute atomic E-state index is 0.732. The first kappa shape index (κ1) is 14.2. The van der Waals surface area contributed by atoms with Crippen molar-refractivity contribution in [2.75, 3.05) is 19.5 Å². The van der Waals surface area contributed by atoms with Crippen LogP contribution in [0, 0.1) is 0 Å². The second-order valence-corrected chi connectivity index (χ2v) is 6.09. The number of benzene rings is 1. The molecule has 1 aliphatic rings. The van der Waals surface area contributed by atoms with Crippen molar-refractivity contribution in [3.63, 3.8) is 0 Å². The Balaban J connectivity index is 1.91. The van der Waals surface area contributed by atoms with Crippen LogP contribution in [0.5, 0.6) is 0 Å². The minimum atomic E-state index is 0.732. The van der Waals surface area contributed by atoms with E-state index in [2.05, 4.69) is 11.4 Å². The van der Waals surface area contributed by atoms with E-state index in [0.29, 0.717) is 0 Å². The average Bonchev–Trinajstić information content (AvgIpc) is 3.18. The highest BCUT2D eigenvalue weighted by Crippen LogP contribution is 2.31. The van der Waals surface area contributed by atoms with Crippen LogP contribution >= 0.6 is 23.4 Å². The predicted octanol–water partition coefficient (Wildman–Crippen LogP) is 3.72. The van der Waals surface area contributed by atoms with Gasteiger partial charge in [0.25, 0.3) is 0 Å². The Morgan fingerprint density at radius 2 is 2.28 bits per heavy atom. The highest BCUT2D eigenvalue weighted by Gasteiger charge is 2.20. The first-order valence-corrected chi connectivity index (χ1v) is 7.80. The zero-order valence-electron chi connectivity index (χ0n) is 10.7. The Hall–Kier alpha value is -0.220. The number of ether oxygens (including phenoxy) is 1. The molecule has 1 aliphatic carbocycles. The number of methoxy groups -OCH3 is 1. The lowest BCUT2D eigenvalue weighted by molar-refractivity contribution is 0.200. The maximum Gasteiger partial charge on any atom is 0.0545 e. The summed E-state index contributed by atoms with van der Waals surface area (Å²) < 4.78 is 5.07. The lowest BCUT2D eigenvalue weighted by Crippen LogP contribution is -2.15. The summed E-state index contributed by atoms with van der Waals surface area (Å²) in [5.41, 5.74) is 1.32. The van der Waals surface area contributed by atoms with Crippen molar-refractivity contribution in [2.45, 2.75) is 36.7 Å². The van der Waals surface area contributed by atoms with Gasteiger partial charge in [-0.2, -0.15) is 0 Å². The van der Waals surface area contributed by atoms with Crippen molar-refractivity contribution < 1.29 is 4.74 Å². The van der Waals surface area contributed by atoms with Gasteiger partial charge in [0.2, 0.25) is 0 Å². The Morgan fingerprint density at radius 3 is 3.00 bits per heavy atom. The SMILES string of the molecule is COCCCSc1c(Cl)cccc1CNC1CC1. The standard InChI is InChI=1S/C14H20ClNOS/c1-17-8-3-9-18-14-11(4-2-5-13(14)15)10-16-12-6-7-12/h2,4-5,12,16H,3,6-10H2,1H3. The lowest BCUT2D eigenvalue weighted by Gasteiger charge is -2.11. The summed E-state index contributed by atoms with van der Waals surface area (Å²) in [4.78, 5) is 1.23. The van der Waals surface area contributed by atoms with Crippen LogP contribution in [-0.4, -0.2) is 25.5 Å². The van der Waals surface area contributed by atoms with E-state index in [1.807, 2.05) is 23.9 Å². The molecule has 2 rings (SSSR count). The summed E-state index contributed by atoms with van der Waals surface area (Å²) in [6.45, 7) is 1.74. The third-order valence-corrected chi connectivity index (χ3v) is 4.64. The first-order chi connectivity index (χ1) is 8.81. The minimum Gasteiger partial charge on any atom is -0.385 e. The highest BCUT2D eigenvalue weighted by atomic mass is 35.5. The quantitative estimate of drug-likeness (QED) is 0.581. The summed E-state index contributed by atoms with van der Waals surface area (Å²) >= 11 is 8.13. The first-order valence-electron chi connectivity index (χ1n) is 6.44. The molecule has 2 nitrogen and oxygen atoms in total. The molecular formula is C14H20ClNOS. The fourth-order valence-electron chi connectivity index (χ4n) is 1.77. The predicted molar refractivity (Wildman–Crippen MR) is 78.5 cm³/mol. The summed E-state index contributed by atoms with van der Waals surface area (Å²) in [5, 5.41) is 4.41.